The molecule has 2 aromatic heterocycles. The summed E-state index contributed by atoms with van der Waals surface area (Å²) in [4.78, 5) is 0. The number of halogens is 2. The van der Waals surface area contributed by atoms with Crippen LogP contribution in [-0.4, -0.2) is 23.2 Å². The Morgan fingerprint density at radius 2 is 2.11 bits per heavy atom. The van der Waals surface area contributed by atoms with Gasteiger partial charge in [0.2, 0.25) is 0 Å². The summed E-state index contributed by atoms with van der Waals surface area (Å²) in [5.41, 5.74) is 0.538. The molecule has 0 radical (unpaired) electrons. The van der Waals surface area contributed by atoms with E-state index in [1.54, 1.807) is 13.0 Å². The van der Waals surface area contributed by atoms with Gasteiger partial charge in [0.15, 0.2) is 5.82 Å². The van der Waals surface area contributed by atoms with Crippen LogP contribution in [0, 0.1) is 0 Å². The van der Waals surface area contributed by atoms with Gasteiger partial charge in [-0.2, -0.15) is 0 Å². The van der Waals surface area contributed by atoms with Crippen LogP contribution in [0.2, 0.25) is 8.67 Å². The second-order valence-corrected chi connectivity index (χ2v) is 7.07. The molecule has 0 atom stereocenters. The van der Waals surface area contributed by atoms with Gasteiger partial charge in [-0.1, -0.05) is 23.2 Å². The lowest BCUT2D eigenvalue weighted by atomic mass is 10.3. The topological polar surface area (TPSA) is 90.9 Å². The highest BCUT2D eigenvalue weighted by atomic mass is 35.5. The number of aromatic nitrogens is 3. The first-order valence-electron chi connectivity index (χ1n) is 4.75. The van der Waals surface area contributed by atoms with Crippen LogP contribution < -0.4 is 5.14 Å². The van der Waals surface area contributed by atoms with Crippen molar-refractivity contribution in [3.8, 4) is 11.4 Å². The van der Waals surface area contributed by atoms with E-state index in [1.807, 2.05) is 0 Å². The van der Waals surface area contributed by atoms with Crippen LogP contribution in [0.15, 0.2) is 11.2 Å². The van der Waals surface area contributed by atoms with Crippen LogP contribution in [0.5, 0.6) is 0 Å². The smallest absolute Gasteiger partial charge is 0.273 e. The van der Waals surface area contributed by atoms with Gasteiger partial charge in [-0.3, -0.25) is 4.57 Å². The first-order valence-corrected chi connectivity index (χ1v) is 7.87. The number of nitrogens with zero attached hydrogens (tertiary/aromatic N) is 3. The molecule has 0 amide bonds. The third-order valence-corrected chi connectivity index (χ3v) is 4.48. The number of rotatable bonds is 3. The van der Waals surface area contributed by atoms with E-state index in [0.29, 0.717) is 26.6 Å². The molecule has 0 unspecified atom stereocenters. The quantitative estimate of drug-likeness (QED) is 0.933. The highest BCUT2D eigenvalue weighted by molar-refractivity contribution is 7.89. The Bertz CT molecular complexity index is 692. The Labute approximate surface area is 117 Å². The van der Waals surface area contributed by atoms with Crippen molar-refractivity contribution in [3.05, 3.63) is 14.7 Å². The standard InChI is InChI=1S/C8H8Cl2N4O2S2/c1-2-14-7(4-3-5(9)17-6(4)10)12-13-8(14)18(11,15)16/h3H,2H2,1H3,(H2,11,15,16). The average Bonchev–Trinajstić information content (AvgIpc) is 2.79. The van der Waals surface area contributed by atoms with E-state index in [4.69, 9.17) is 28.3 Å². The Hall–Kier alpha value is -0.670. The van der Waals surface area contributed by atoms with Crippen molar-refractivity contribution in [1.29, 1.82) is 0 Å². The minimum absolute atomic E-state index is 0.293. The zero-order valence-electron chi connectivity index (χ0n) is 9.09. The zero-order chi connectivity index (χ0) is 13.5. The molecule has 0 aliphatic carbocycles. The third-order valence-electron chi connectivity index (χ3n) is 2.19. The molecule has 2 heterocycles. The van der Waals surface area contributed by atoms with E-state index in [9.17, 15) is 8.42 Å². The number of primary sulfonamides is 1. The molecule has 0 bridgehead atoms. The van der Waals surface area contributed by atoms with E-state index < -0.39 is 10.0 Å². The van der Waals surface area contributed by atoms with Crippen LogP contribution in [0.25, 0.3) is 11.4 Å². The van der Waals surface area contributed by atoms with Crippen LogP contribution in [-0.2, 0) is 16.6 Å². The lowest BCUT2D eigenvalue weighted by Crippen LogP contribution is -2.18. The predicted octanol–water partition coefficient (Wildman–Crippen LogP) is 1.98. The Morgan fingerprint density at radius 3 is 2.56 bits per heavy atom. The largest absolute Gasteiger partial charge is 0.297 e. The molecular formula is C8H8Cl2N4O2S2. The van der Waals surface area contributed by atoms with Crippen molar-refractivity contribution in [1.82, 2.24) is 14.8 Å². The van der Waals surface area contributed by atoms with Crippen LogP contribution in [0.4, 0.5) is 0 Å². The van der Waals surface area contributed by atoms with Gasteiger partial charge in [0.1, 0.15) is 4.34 Å². The van der Waals surface area contributed by atoms with Gasteiger partial charge in [-0.15, -0.1) is 21.5 Å². The molecular weight excluding hydrogens is 319 g/mol. The van der Waals surface area contributed by atoms with E-state index in [1.165, 1.54) is 15.9 Å². The molecule has 6 nitrogen and oxygen atoms in total. The van der Waals surface area contributed by atoms with Crippen molar-refractivity contribution in [2.45, 2.75) is 18.6 Å². The molecule has 0 aromatic carbocycles. The highest BCUT2D eigenvalue weighted by Gasteiger charge is 2.23. The van der Waals surface area contributed by atoms with Gasteiger partial charge in [-0.05, 0) is 13.0 Å². The monoisotopic (exact) mass is 326 g/mol. The van der Waals surface area contributed by atoms with Gasteiger partial charge >= 0.3 is 0 Å². The third kappa shape index (κ3) is 2.39. The molecule has 0 saturated heterocycles. The zero-order valence-corrected chi connectivity index (χ0v) is 12.2. The van der Waals surface area contributed by atoms with E-state index >= 15 is 0 Å². The molecule has 0 fully saturated rings. The second-order valence-electron chi connectivity index (χ2n) is 3.33. The van der Waals surface area contributed by atoms with Gasteiger partial charge < -0.3 is 0 Å². The Balaban J connectivity index is 2.67. The van der Waals surface area contributed by atoms with Crippen molar-refractivity contribution in [2.75, 3.05) is 0 Å². The van der Waals surface area contributed by atoms with Crippen molar-refractivity contribution < 1.29 is 8.42 Å². The number of nitrogens with two attached hydrogens (primary N) is 1. The minimum atomic E-state index is -3.92. The Kier molecular flexibility index (Phi) is 3.65. The SMILES string of the molecule is CCn1c(-c2cc(Cl)sc2Cl)nnc1S(N)(=O)=O. The van der Waals surface area contributed by atoms with Gasteiger partial charge in [0.25, 0.3) is 15.2 Å². The molecule has 0 saturated carbocycles. The maximum Gasteiger partial charge on any atom is 0.273 e. The van der Waals surface area contributed by atoms with Crippen molar-refractivity contribution in [3.63, 3.8) is 0 Å². The maximum absolute atomic E-state index is 11.3. The number of sulfonamides is 1. The molecule has 98 valence electrons. The van der Waals surface area contributed by atoms with E-state index in [2.05, 4.69) is 10.2 Å². The number of hydrogen-bond donors (Lipinski definition) is 1. The summed E-state index contributed by atoms with van der Waals surface area (Å²) >= 11 is 13.0. The molecule has 2 rings (SSSR count). The molecule has 2 aromatic rings. The fraction of sp³-hybridized carbons (Fsp3) is 0.250. The highest BCUT2D eigenvalue weighted by Crippen LogP contribution is 2.37. The number of thiophene rings is 1. The number of hydrogen-bond acceptors (Lipinski definition) is 5. The van der Waals surface area contributed by atoms with Gasteiger partial charge in [0.05, 0.1) is 9.90 Å². The van der Waals surface area contributed by atoms with Crippen molar-refractivity contribution >= 4 is 44.6 Å². The van der Waals surface area contributed by atoms with Gasteiger partial charge in [-0.25, -0.2) is 13.6 Å². The summed E-state index contributed by atoms with van der Waals surface area (Å²) in [6.07, 6.45) is 0. The Morgan fingerprint density at radius 1 is 1.44 bits per heavy atom. The summed E-state index contributed by atoms with van der Waals surface area (Å²) in [7, 11) is -3.92. The minimum Gasteiger partial charge on any atom is -0.297 e. The molecule has 0 aliphatic rings. The van der Waals surface area contributed by atoms with E-state index in [0.717, 1.165) is 0 Å². The maximum atomic E-state index is 11.3. The lowest BCUT2D eigenvalue weighted by Gasteiger charge is -2.04. The molecule has 18 heavy (non-hydrogen) atoms. The predicted molar refractivity (Wildman–Crippen MR) is 70.4 cm³/mol. The normalized spacial score (nSPS) is 12.0. The molecule has 10 heteroatoms. The fourth-order valence-corrected chi connectivity index (χ4v) is 3.61. The second kappa shape index (κ2) is 4.78. The summed E-state index contributed by atoms with van der Waals surface area (Å²) < 4.78 is 25.0. The lowest BCUT2D eigenvalue weighted by molar-refractivity contribution is 0.571. The first-order chi connectivity index (χ1) is 8.34. The molecule has 0 aliphatic heterocycles. The van der Waals surface area contributed by atoms with Crippen LogP contribution in [0.1, 0.15) is 6.92 Å². The van der Waals surface area contributed by atoms with E-state index in [-0.39, 0.29) is 5.16 Å². The summed E-state index contributed by atoms with van der Waals surface area (Å²) in [5, 5.41) is 12.2. The fourth-order valence-electron chi connectivity index (χ4n) is 1.48. The van der Waals surface area contributed by atoms with Crippen LogP contribution in [0.3, 0.4) is 0 Å². The summed E-state index contributed by atoms with van der Waals surface area (Å²) in [5.74, 6) is 0.328. The molecule has 0 spiro atoms. The molecule has 2 N–H and O–H groups in total. The van der Waals surface area contributed by atoms with Gasteiger partial charge in [0, 0.05) is 6.54 Å². The summed E-state index contributed by atoms with van der Waals surface area (Å²) in [6, 6.07) is 1.61. The van der Waals surface area contributed by atoms with Crippen LogP contribution >= 0.6 is 34.5 Å². The average molecular weight is 327 g/mol. The first kappa shape index (κ1) is 13.8. The summed E-state index contributed by atoms with van der Waals surface area (Å²) in [6.45, 7) is 2.10. The van der Waals surface area contributed by atoms with Crippen molar-refractivity contribution in [2.24, 2.45) is 5.14 Å².